The summed E-state index contributed by atoms with van der Waals surface area (Å²) >= 11 is 6.35. The smallest absolute Gasteiger partial charge is 0.191 e. The van der Waals surface area contributed by atoms with Crippen molar-refractivity contribution >= 4 is 55.1 Å². The number of rotatable bonds is 3. The molecule has 7 heteroatoms. The Balaban J connectivity index is 1.82. The standard InChI is InChI=1S/C11H8BrN3OS2/c12-8-2-1-6(16-8)5-18-11-14-9(13)7-3-4-17-10(7)15-11/h1-4H,5H2,(H2,13,14,15). The van der Waals surface area contributed by atoms with Gasteiger partial charge >= 0.3 is 0 Å². The highest BCUT2D eigenvalue weighted by molar-refractivity contribution is 9.10. The van der Waals surface area contributed by atoms with E-state index in [0.717, 1.165) is 20.6 Å². The van der Waals surface area contributed by atoms with Crippen LogP contribution in [0.1, 0.15) is 5.76 Å². The zero-order valence-corrected chi connectivity index (χ0v) is 12.3. The third kappa shape index (κ3) is 2.38. The number of anilines is 1. The second-order valence-corrected chi connectivity index (χ2v) is 6.14. The largest absolute Gasteiger partial charge is 0.453 e. The van der Waals surface area contributed by atoms with Crippen molar-refractivity contribution in [2.75, 3.05) is 5.73 Å². The Bertz CT molecular complexity index is 694. The van der Waals surface area contributed by atoms with Crippen LogP contribution in [-0.4, -0.2) is 9.97 Å². The van der Waals surface area contributed by atoms with E-state index < -0.39 is 0 Å². The molecule has 3 heterocycles. The number of nitrogens with two attached hydrogens (primary N) is 1. The van der Waals surface area contributed by atoms with Crippen LogP contribution < -0.4 is 5.73 Å². The molecule has 0 fully saturated rings. The maximum Gasteiger partial charge on any atom is 0.191 e. The van der Waals surface area contributed by atoms with E-state index in [0.29, 0.717) is 16.7 Å². The molecule has 3 aromatic heterocycles. The molecule has 0 saturated heterocycles. The van der Waals surface area contributed by atoms with Crippen molar-refractivity contribution in [3.8, 4) is 0 Å². The number of nitrogens with zero attached hydrogens (tertiary/aromatic N) is 2. The SMILES string of the molecule is Nc1nc(SCc2ccc(Br)o2)nc2sccc12. The van der Waals surface area contributed by atoms with Crippen LogP contribution in [0.3, 0.4) is 0 Å². The van der Waals surface area contributed by atoms with Gasteiger partial charge in [-0.25, -0.2) is 9.97 Å². The van der Waals surface area contributed by atoms with Gasteiger partial charge in [-0.05, 0) is 39.5 Å². The van der Waals surface area contributed by atoms with Gasteiger partial charge in [0.25, 0.3) is 0 Å². The Hall–Kier alpha value is -1.05. The van der Waals surface area contributed by atoms with Gasteiger partial charge in [-0.15, -0.1) is 11.3 Å². The number of nitrogen functional groups attached to an aromatic ring is 1. The van der Waals surface area contributed by atoms with Crippen LogP contribution in [0.2, 0.25) is 0 Å². The number of hydrogen-bond acceptors (Lipinski definition) is 6. The molecule has 0 bridgehead atoms. The maximum absolute atomic E-state index is 5.89. The zero-order valence-electron chi connectivity index (χ0n) is 9.09. The zero-order chi connectivity index (χ0) is 12.5. The lowest BCUT2D eigenvalue weighted by molar-refractivity contribution is 0.506. The average Bonchev–Trinajstić information content (AvgIpc) is 2.95. The van der Waals surface area contributed by atoms with Gasteiger partial charge in [-0.1, -0.05) is 11.8 Å². The van der Waals surface area contributed by atoms with Crippen molar-refractivity contribution in [3.05, 3.63) is 34.0 Å². The summed E-state index contributed by atoms with van der Waals surface area (Å²) in [5.74, 6) is 2.09. The summed E-state index contributed by atoms with van der Waals surface area (Å²) in [6.07, 6.45) is 0. The minimum absolute atomic E-state index is 0.532. The Morgan fingerprint density at radius 2 is 2.22 bits per heavy atom. The summed E-state index contributed by atoms with van der Waals surface area (Å²) in [4.78, 5) is 9.66. The fourth-order valence-corrected chi connectivity index (χ4v) is 3.40. The summed E-state index contributed by atoms with van der Waals surface area (Å²) in [7, 11) is 0. The van der Waals surface area contributed by atoms with E-state index in [2.05, 4.69) is 25.9 Å². The van der Waals surface area contributed by atoms with Crippen LogP contribution in [0.4, 0.5) is 5.82 Å². The lowest BCUT2D eigenvalue weighted by Crippen LogP contribution is -1.95. The van der Waals surface area contributed by atoms with Crippen LogP contribution in [0.5, 0.6) is 0 Å². The lowest BCUT2D eigenvalue weighted by atomic mass is 10.4. The van der Waals surface area contributed by atoms with Crippen molar-refractivity contribution in [1.29, 1.82) is 0 Å². The molecule has 0 unspecified atom stereocenters. The van der Waals surface area contributed by atoms with Crippen molar-refractivity contribution in [3.63, 3.8) is 0 Å². The summed E-state index contributed by atoms with van der Waals surface area (Å²) in [6, 6.07) is 5.73. The second-order valence-electron chi connectivity index (χ2n) is 3.53. The fourth-order valence-electron chi connectivity index (χ4n) is 1.49. The first-order valence-corrected chi connectivity index (χ1v) is 7.76. The number of halogens is 1. The fraction of sp³-hybridized carbons (Fsp3) is 0.0909. The predicted molar refractivity (Wildman–Crippen MR) is 77.8 cm³/mol. The average molecular weight is 342 g/mol. The van der Waals surface area contributed by atoms with Crippen LogP contribution in [-0.2, 0) is 5.75 Å². The molecule has 0 spiro atoms. The molecule has 2 N–H and O–H groups in total. The molecule has 3 rings (SSSR count). The number of furan rings is 1. The first kappa shape index (κ1) is 12.0. The highest BCUT2D eigenvalue weighted by atomic mass is 79.9. The Morgan fingerprint density at radius 1 is 1.33 bits per heavy atom. The molecule has 4 nitrogen and oxygen atoms in total. The molecule has 0 saturated carbocycles. The van der Waals surface area contributed by atoms with E-state index in [1.807, 2.05) is 23.6 Å². The van der Waals surface area contributed by atoms with Gasteiger partial charge in [0.1, 0.15) is 16.4 Å². The predicted octanol–water partition coefficient (Wildman–Crippen LogP) is 3.92. The first-order valence-electron chi connectivity index (χ1n) is 5.10. The quantitative estimate of drug-likeness (QED) is 0.577. The van der Waals surface area contributed by atoms with Crippen molar-refractivity contribution in [2.24, 2.45) is 0 Å². The van der Waals surface area contributed by atoms with E-state index in [4.69, 9.17) is 10.2 Å². The highest BCUT2D eigenvalue weighted by Crippen LogP contribution is 2.28. The molecule has 18 heavy (non-hydrogen) atoms. The highest BCUT2D eigenvalue weighted by Gasteiger charge is 2.08. The van der Waals surface area contributed by atoms with Gasteiger partial charge in [-0.2, -0.15) is 0 Å². The summed E-state index contributed by atoms with van der Waals surface area (Å²) in [5, 5.41) is 3.56. The number of fused-ring (bicyclic) bond motifs is 1. The summed E-state index contributed by atoms with van der Waals surface area (Å²) < 4.78 is 6.15. The molecule has 0 aromatic carbocycles. The van der Waals surface area contributed by atoms with Crippen LogP contribution in [0.25, 0.3) is 10.2 Å². The summed E-state index contributed by atoms with van der Waals surface area (Å²) in [6.45, 7) is 0. The normalized spacial score (nSPS) is 11.2. The van der Waals surface area contributed by atoms with Gasteiger partial charge in [0.2, 0.25) is 0 Å². The molecule has 3 aromatic rings. The van der Waals surface area contributed by atoms with Crippen molar-refractivity contribution < 1.29 is 4.42 Å². The van der Waals surface area contributed by atoms with E-state index in [-0.39, 0.29) is 0 Å². The van der Waals surface area contributed by atoms with E-state index in [1.165, 1.54) is 11.8 Å². The molecule has 0 atom stereocenters. The van der Waals surface area contributed by atoms with E-state index >= 15 is 0 Å². The molecule has 0 amide bonds. The Labute approximate surface area is 120 Å². The van der Waals surface area contributed by atoms with Gasteiger partial charge in [0.15, 0.2) is 9.83 Å². The van der Waals surface area contributed by atoms with Crippen molar-refractivity contribution in [1.82, 2.24) is 9.97 Å². The second kappa shape index (κ2) is 4.91. The van der Waals surface area contributed by atoms with Crippen LogP contribution in [0.15, 0.2) is 37.8 Å². The molecular formula is C11H8BrN3OS2. The van der Waals surface area contributed by atoms with Crippen molar-refractivity contribution in [2.45, 2.75) is 10.9 Å². The number of thiophene rings is 1. The van der Waals surface area contributed by atoms with Gasteiger partial charge < -0.3 is 10.2 Å². The summed E-state index contributed by atoms with van der Waals surface area (Å²) in [5.41, 5.74) is 5.89. The van der Waals surface area contributed by atoms with Gasteiger partial charge in [0.05, 0.1) is 11.1 Å². The number of aromatic nitrogens is 2. The number of hydrogen-bond donors (Lipinski definition) is 1. The minimum atomic E-state index is 0.532. The third-order valence-electron chi connectivity index (χ3n) is 2.31. The molecule has 92 valence electrons. The first-order chi connectivity index (χ1) is 8.72. The minimum Gasteiger partial charge on any atom is -0.453 e. The molecule has 0 aliphatic heterocycles. The lowest BCUT2D eigenvalue weighted by Gasteiger charge is -2.00. The number of thioether (sulfide) groups is 1. The van der Waals surface area contributed by atoms with Crippen LogP contribution in [0, 0.1) is 0 Å². The Morgan fingerprint density at radius 3 is 3.00 bits per heavy atom. The van der Waals surface area contributed by atoms with E-state index in [1.54, 1.807) is 11.3 Å². The molecular weight excluding hydrogens is 334 g/mol. The Kier molecular flexibility index (Phi) is 3.27. The molecule has 0 aliphatic rings. The third-order valence-corrected chi connectivity index (χ3v) is 4.41. The molecule has 0 aliphatic carbocycles. The topological polar surface area (TPSA) is 64.9 Å². The maximum atomic E-state index is 5.89. The molecule has 0 radical (unpaired) electrons. The van der Waals surface area contributed by atoms with Gasteiger partial charge in [-0.3, -0.25) is 0 Å². The van der Waals surface area contributed by atoms with Gasteiger partial charge in [0, 0.05) is 0 Å². The monoisotopic (exact) mass is 341 g/mol. The van der Waals surface area contributed by atoms with E-state index in [9.17, 15) is 0 Å². The van der Waals surface area contributed by atoms with Crippen LogP contribution >= 0.6 is 39.0 Å².